The highest BCUT2D eigenvalue weighted by Crippen LogP contribution is 2.28. The second kappa shape index (κ2) is 4.99. The minimum Gasteiger partial charge on any atom is -0.859 e. The van der Waals surface area contributed by atoms with Gasteiger partial charge in [0.25, 0.3) is 0 Å². The number of aromatic amines is 1. The van der Waals surface area contributed by atoms with Gasteiger partial charge in [-0.1, -0.05) is 18.2 Å². The maximum atomic E-state index is 11.7. The van der Waals surface area contributed by atoms with Gasteiger partial charge in [-0.05, 0) is 22.8 Å². The number of hydrogen-bond acceptors (Lipinski definition) is 6. The molecule has 0 aliphatic carbocycles. The Kier molecular flexibility index (Phi) is 3.17. The third-order valence-electron chi connectivity index (χ3n) is 2.55. The fourth-order valence-corrected chi connectivity index (χ4v) is 2.70. The quantitative estimate of drug-likeness (QED) is 0.525. The third kappa shape index (κ3) is 2.26. The van der Waals surface area contributed by atoms with Crippen molar-refractivity contribution in [2.24, 2.45) is 5.28 Å². The van der Waals surface area contributed by atoms with Crippen LogP contribution in [0.2, 0.25) is 0 Å². The maximum absolute atomic E-state index is 11.7. The summed E-state index contributed by atoms with van der Waals surface area (Å²) in [6, 6.07) is 9.02. The first-order valence-electron chi connectivity index (χ1n) is 5.54. The molecule has 100 valence electrons. The summed E-state index contributed by atoms with van der Waals surface area (Å²) in [5.74, 6) is -0.951. The first-order chi connectivity index (χ1) is 9.65. The number of hydrogen-bond donors (Lipinski definition) is 1. The summed E-state index contributed by atoms with van der Waals surface area (Å²) in [4.78, 5) is 19.2. The Morgan fingerprint density at radius 1 is 1.40 bits per heavy atom. The molecule has 0 saturated carbocycles. The van der Waals surface area contributed by atoms with Crippen LogP contribution < -0.4 is 5.11 Å². The number of nitrogens with zero attached hydrogens (tertiary/aromatic N) is 2. The Morgan fingerprint density at radius 3 is 2.80 bits per heavy atom. The lowest BCUT2D eigenvalue weighted by Crippen LogP contribution is -2.05. The number of thiazole rings is 1. The second-order valence-corrected chi connectivity index (χ2v) is 5.56. The second-order valence-electron chi connectivity index (χ2n) is 3.85. The van der Waals surface area contributed by atoms with E-state index in [4.69, 9.17) is 12.2 Å². The van der Waals surface area contributed by atoms with Crippen molar-refractivity contribution < 1.29 is 19.4 Å². The molecule has 1 aliphatic heterocycles. The van der Waals surface area contributed by atoms with Crippen molar-refractivity contribution in [2.45, 2.75) is 0 Å². The van der Waals surface area contributed by atoms with Gasteiger partial charge in [-0.2, -0.15) is 0 Å². The van der Waals surface area contributed by atoms with Crippen molar-refractivity contribution in [2.75, 3.05) is 0 Å². The van der Waals surface area contributed by atoms with E-state index in [2.05, 4.69) is 15.1 Å². The molecule has 3 rings (SSSR count). The Labute approximate surface area is 122 Å². The van der Waals surface area contributed by atoms with Crippen LogP contribution in [0.15, 0.2) is 41.3 Å². The molecule has 2 aromatic rings. The number of nitrogens with one attached hydrogen (secondary N) is 1. The van der Waals surface area contributed by atoms with Crippen LogP contribution in [0.3, 0.4) is 0 Å². The summed E-state index contributed by atoms with van der Waals surface area (Å²) in [7, 11) is 0. The number of aromatic nitrogens is 1. The molecule has 0 radical (unpaired) electrons. The van der Waals surface area contributed by atoms with E-state index in [1.54, 1.807) is 12.1 Å². The molecule has 1 aliphatic rings. The van der Waals surface area contributed by atoms with E-state index in [1.165, 1.54) is 10.8 Å². The largest absolute Gasteiger partial charge is 0.859 e. The van der Waals surface area contributed by atoms with Crippen molar-refractivity contribution in [1.82, 2.24) is 4.98 Å². The monoisotopic (exact) mass is 305 g/mol. The highest BCUT2D eigenvalue weighted by Gasteiger charge is 2.36. The lowest BCUT2D eigenvalue weighted by Gasteiger charge is -1.99. The van der Waals surface area contributed by atoms with Gasteiger partial charge in [-0.15, -0.1) is 11.3 Å². The van der Waals surface area contributed by atoms with Crippen LogP contribution >= 0.6 is 23.6 Å². The van der Waals surface area contributed by atoms with E-state index in [0.29, 0.717) is 14.5 Å². The van der Waals surface area contributed by atoms with Crippen molar-refractivity contribution in [3.8, 4) is 5.88 Å². The molecule has 0 atom stereocenters. The Balaban J connectivity index is 2.07. The van der Waals surface area contributed by atoms with Gasteiger partial charge in [-0.25, -0.2) is 4.79 Å². The summed E-state index contributed by atoms with van der Waals surface area (Å²) >= 11 is 5.99. The Bertz CT molecular complexity index is 790. The number of H-pyrrole nitrogens is 1. The predicted molar refractivity (Wildman–Crippen MR) is 71.8 cm³/mol. The molecular weight excluding hydrogens is 298 g/mol. The van der Waals surface area contributed by atoms with Gasteiger partial charge < -0.3 is 10.1 Å². The molecular formula is C12H7N3O3S2. The zero-order chi connectivity index (χ0) is 14.1. The molecule has 0 fully saturated rings. The van der Waals surface area contributed by atoms with E-state index in [9.17, 15) is 9.90 Å². The smallest absolute Gasteiger partial charge is 0.437 e. The van der Waals surface area contributed by atoms with Gasteiger partial charge >= 0.3 is 11.7 Å². The van der Waals surface area contributed by atoms with E-state index in [0.717, 1.165) is 11.3 Å². The number of carbonyl (C=O) groups is 1. The summed E-state index contributed by atoms with van der Waals surface area (Å²) < 4.78 is 1.70. The normalized spacial score (nSPS) is 16.3. The zero-order valence-electron chi connectivity index (χ0n) is 9.90. The van der Waals surface area contributed by atoms with Gasteiger partial charge in [0, 0.05) is 23.1 Å². The summed E-state index contributed by atoms with van der Waals surface area (Å²) in [5.41, 5.74) is 0.828. The molecule has 0 saturated heterocycles. The molecule has 0 unspecified atom stereocenters. The minimum atomic E-state index is -0.618. The van der Waals surface area contributed by atoms with Crippen molar-refractivity contribution in [1.29, 1.82) is 0 Å². The molecule has 0 bridgehead atoms. The molecule has 0 amide bonds. The van der Waals surface area contributed by atoms with Crippen LogP contribution in [0.25, 0.3) is 6.08 Å². The van der Waals surface area contributed by atoms with Crippen molar-refractivity contribution >= 4 is 41.3 Å². The highest BCUT2D eigenvalue weighted by molar-refractivity contribution is 7.73. The van der Waals surface area contributed by atoms with Crippen molar-refractivity contribution in [3.63, 3.8) is 0 Å². The van der Waals surface area contributed by atoms with E-state index in [-0.39, 0.29) is 11.6 Å². The molecule has 1 aromatic heterocycles. The number of benzene rings is 1. The molecule has 2 heterocycles. The molecule has 8 heteroatoms. The van der Waals surface area contributed by atoms with Crippen LogP contribution in [0.1, 0.15) is 4.88 Å². The van der Waals surface area contributed by atoms with E-state index >= 15 is 0 Å². The summed E-state index contributed by atoms with van der Waals surface area (Å²) in [5, 5.41) is 15.3. The Morgan fingerprint density at radius 2 is 2.15 bits per heavy atom. The molecule has 1 aromatic carbocycles. The van der Waals surface area contributed by atoms with Crippen LogP contribution in [-0.4, -0.2) is 15.7 Å². The topological polar surface area (TPSA) is 80.5 Å². The van der Waals surface area contributed by atoms with Gasteiger partial charge in [0.2, 0.25) is 11.0 Å². The highest BCUT2D eigenvalue weighted by atomic mass is 32.1. The zero-order valence-corrected chi connectivity index (χ0v) is 11.5. The van der Waals surface area contributed by atoms with E-state index < -0.39 is 5.97 Å². The lowest BCUT2D eigenvalue weighted by atomic mass is 10.3. The fourth-order valence-electron chi connectivity index (χ4n) is 1.68. The number of carbonyl (C=O) groups excluding carboxylic acids is 1. The van der Waals surface area contributed by atoms with Crippen LogP contribution in [0.4, 0.5) is 5.69 Å². The predicted octanol–water partition coefficient (Wildman–Crippen LogP) is 2.49. The van der Waals surface area contributed by atoms with Gasteiger partial charge in [0.15, 0.2) is 3.95 Å². The first-order valence-corrected chi connectivity index (χ1v) is 6.77. The summed E-state index contributed by atoms with van der Waals surface area (Å²) in [6.45, 7) is 0. The SMILES string of the molecule is O=C1ON=[N+](c2ccccc2)/C1=C/c1sc(=S)[nH]c1[O-]. The molecule has 6 nitrogen and oxygen atoms in total. The Hall–Kier alpha value is -2.32. The third-order valence-corrected chi connectivity index (χ3v) is 3.72. The molecule has 0 spiro atoms. The maximum Gasteiger partial charge on any atom is 0.437 e. The number of para-hydroxylation sites is 1. The van der Waals surface area contributed by atoms with Crippen LogP contribution in [0.5, 0.6) is 5.88 Å². The van der Waals surface area contributed by atoms with Gasteiger partial charge in [0.1, 0.15) is 0 Å². The van der Waals surface area contributed by atoms with Crippen molar-refractivity contribution in [3.05, 3.63) is 44.9 Å². The average molecular weight is 305 g/mol. The average Bonchev–Trinajstić information content (AvgIpc) is 2.95. The van der Waals surface area contributed by atoms with Gasteiger partial charge in [0.05, 0.1) is 0 Å². The minimum absolute atomic E-state index is 0.165. The first kappa shape index (κ1) is 12.7. The van der Waals surface area contributed by atoms with E-state index in [1.807, 2.05) is 18.2 Å². The fraction of sp³-hybridized carbons (Fsp3) is 0. The lowest BCUT2D eigenvalue weighted by molar-refractivity contribution is -0.462. The van der Waals surface area contributed by atoms with Gasteiger partial charge in [-0.3, -0.25) is 4.84 Å². The molecule has 1 N–H and O–H groups in total. The van der Waals surface area contributed by atoms with Crippen LogP contribution in [-0.2, 0) is 9.63 Å². The number of rotatable bonds is 2. The molecule has 20 heavy (non-hydrogen) atoms. The van der Waals surface area contributed by atoms with Crippen LogP contribution in [0, 0.1) is 3.95 Å². The summed E-state index contributed by atoms with van der Waals surface area (Å²) in [6.07, 6.45) is 1.42. The standard InChI is InChI=1S/C12H7N3O3S2/c16-10-9(20-12(19)13-10)6-8-11(17)18-14-15(8)7-4-2-1-3-5-7/h1-6H,(H-,13,14,16,17,19).